The van der Waals surface area contributed by atoms with Gasteiger partial charge in [-0.25, -0.2) is 4.98 Å². The standard InChI is InChI=1S/C14H19N3S/c1-11(12-3-5-13(18-2)6-4-12)15-8-7-14-16-9-10-17-14/h3-6,9-11,15H,7-8H2,1-2H3,(H,16,17). The monoisotopic (exact) mass is 261 g/mol. The molecule has 1 aromatic carbocycles. The third kappa shape index (κ3) is 3.62. The van der Waals surface area contributed by atoms with Crippen LogP contribution >= 0.6 is 11.8 Å². The zero-order chi connectivity index (χ0) is 12.8. The summed E-state index contributed by atoms with van der Waals surface area (Å²) in [6, 6.07) is 9.10. The molecular weight excluding hydrogens is 242 g/mol. The molecule has 2 N–H and O–H groups in total. The zero-order valence-corrected chi connectivity index (χ0v) is 11.6. The van der Waals surface area contributed by atoms with Crippen molar-refractivity contribution < 1.29 is 0 Å². The lowest BCUT2D eigenvalue weighted by Gasteiger charge is -2.14. The summed E-state index contributed by atoms with van der Waals surface area (Å²) in [6.45, 7) is 3.12. The van der Waals surface area contributed by atoms with Crippen molar-refractivity contribution >= 4 is 11.8 Å². The first-order valence-electron chi connectivity index (χ1n) is 6.15. The number of nitrogens with one attached hydrogen (secondary N) is 2. The number of H-pyrrole nitrogens is 1. The summed E-state index contributed by atoms with van der Waals surface area (Å²) in [6.07, 6.45) is 6.68. The number of nitrogens with zero attached hydrogens (tertiary/aromatic N) is 1. The maximum Gasteiger partial charge on any atom is 0.107 e. The highest BCUT2D eigenvalue weighted by atomic mass is 32.2. The summed E-state index contributed by atoms with van der Waals surface area (Å²) in [7, 11) is 0. The molecule has 1 heterocycles. The number of hydrogen-bond acceptors (Lipinski definition) is 3. The Kier molecular flexibility index (Phi) is 4.84. The highest BCUT2D eigenvalue weighted by molar-refractivity contribution is 7.98. The first-order valence-corrected chi connectivity index (χ1v) is 7.37. The molecule has 0 spiro atoms. The van der Waals surface area contributed by atoms with Gasteiger partial charge in [0.15, 0.2) is 0 Å². The molecule has 2 aromatic rings. The Labute approximate surface area is 112 Å². The van der Waals surface area contributed by atoms with Gasteiger partial charge in [0.05, 0.1) is 0 Å². The molecular formula is C14H19N3S. The molecule has 2 rings (SSSR count). The first kappa shape index (κ1) is 13.2. The number of benzene rings is 1. The molecule has 0 radical (unpaired) electrons. The average Bonchev–Trinajstić information content (AvgIpc) is 2.92. The van der Waals surface area contributed by atoms with Crippen LogP contribution in [0.3, 0.4) is 0 Å². The van der Waals surface area contributed by atoms with Crippen molar-refractivity contribution in [2.75, 3.05) is 12.8 Å². The highest BCUT2D eigenvalue weighted by Crippen LogP contribution is 2.18. The Morgan fingerprint density at radius 1 is 1.33 bits per heavy atom. The van der Waals surface area contributed by atoms with E-state index in [9.17, 15) is 0 Å². The average molecular weight is 261 g/mol. The molecule has 0 bridgehead atoms. The van der Waals surface area contributed by atoms with Gasteiger partial charge in [0.1, 0.15) is 5.82 Å². The molecule has 3 nitrogen and oxygen atoms in total. The van der Waals surface area contributed by atoms with E-state index in [1.165, 1.54) is 10.5 Å². The van der Waals surface area contributed by atoms with E-state index in [1.54, 1.807) is 18.0 Å². The van der Waals surface area contributed by atoms with Gasteiger partial charge in [-0.3, -0.25) is 0 Å². The molecule has 0 aliphatic rings. The van der Waals surface area contributed by atoms with Crippen molar-refractivity contribution in [3.8, 4) is 0 Å². The first-order chi connectivity index (χ1) is 8.79. The minimum absolute atomic E-state index is 0.371. The van der Waals surface area contributed by atoms with Gasteiger partial charge in [-0.15, -0.1) is 11.8 Å². The van der Waals surface area contributed by atoms with E-state index in [4.69, 9.17) is 0 Å². The predicted octanol–water partition coefficient (Wildman–Crippen LogP) is 3.02. The maximum atomic E-state index is 4.21. The molecule has 1 atom stereocenters. The van der Waals surface area contributed by atoms with Gasteiger partial charge >= 0.3 is 0 Å². The van der Waals surface area contributed by atoms with Crippen LogP contribution < -0.4 is 5.32 Å². The van der Waals surface area contributed by atoms with Crippen LogP contribution in [-0.4, -0.2) is 22.8 Å². The topological polar surface area (TPSA) is 40.7 Å². The minimum Gasteiger partial charge on any atom is -0.349 e. The molecule has 18 heavy (non-hydrogen) atoms. The predicted molar refractivity (Wildman–Crippen MR) is 76.9 cm³/mol. The molecule has 96 valence electrons. The number of hydrogen-bond donors (Lipinski definition) is 2. The van der Waals surface area contributed by atoms with Crippen molar-refractivity contribution in [2.24, 2.45) is 0 Å². The van der Waals surface area contributed by atoms with Gasteiger partial charge in [0.2, 0.25) is 0 Å². The quantitative estimate of drug-likeness (QED) is 0.785. The summed E-state index contributed by atoms with van der Waals surface area (Å²) in [4.78, 5) is 8.63. The van der Waals surface area contributed by atoms with E-state index in [0.717, 1.165) is 18.8 Å². The smallest absolute Gasteiger partial charge is 0.107 e. The normalized spacial score (nSPS) is 12.6. The van der Waals surface area contributed by atoms with Crippen molar-refractivity contribution in [1.29, 1.82) is 0 Å². The van der Waals surface area contributed by atoms with Crippen LogP contribution in [0.1, 0.15) is 24.4 Å². The van der Waals surface area contributed by atoms with Crippen LogP contribution in [0.5, 0.6) is 0 Å². The third-order valence-corrected chi connectivity index (χ3v) is 3.73. The highest BCUT2D eigenvalue weighted by Gasteiger charge is 2.04. The zero-order valence-electron chi connectivity index (χ0n) is 10.8. The Morgan fingerprint density at radius 2 is 2.11 bits per heavy atom. The number of thioether (sulfide) groups is 1. The van der Waals surface area contributed by atoms with Crippen LogP contribution in [0.2, 0.25) is 0 Å². The minimum atomic E-state index is 0.371. The second-order valence-electron chi connectivity index (χ2n) is 4.23. The molecule has 4 heteroatoms. The van der Waals surface area contributed by atoms with Crippen LogP contribution in [-0.2, 0) is 6.42 Å². The summed E-state index contributed by atoms with van der Waals surface area (Å²) >= 11 is 1.77. The molecule has 0 aliphatic heterocycles. The van der Waals surface area contributed by atoms with Crippen molar-refractivity contribution in [2.45, 2.75) is 24.3 Å². The van der Waals surface area contributed by atoms with Gasteiger partial charge < -0.3 is 10.3 Å². The van der Waals surface area contributed by atoms with Gasteiger partial charge in [-0.2, -0.15) is 0 Å². The number of rotatable bonds is 6. The summed E-state index contributed by atoms with van der Waals surface area (Å²) in [5, 5.41) is 3.51. The van der Waals surface area contributed by atoms with Crippen LogP contribution in [0, 0.1) is 0 Å². The Hall–Kier alpha value is -1.26. The molecule has 1 unspecified atom stereocenters. The second-order valence-corrected chi connectivity index (χ2v) is 5.11. The third-order valence-electron chi connectivity index (χ3n) is 2.98. The van der Waals surface area contributed by atoms with E-state index < -0.39 is 0 Å². The Morgan fingerprint density at radius 3 is 2.72 bits per heavy atom. The Bertz CT molecular complexity index is 450. The van der Waals surface area contributed by atoms with Gasteiger partial charge in [-0.05, 0) is 30.9 Å². The van der Waals surface area contributed by atoms with Gasteiger partial charge in [-0.1, -0.05) is 12.1 Å². The number of aromatic amines is 1. The fraction of sp³-hybridized carbons (Fsp3) is 0.357. The van der Waals surface area contributed by atoms with Crippen molar-refractivity contribution in [3.63, 3.8) is 0 Å². The molecule has 0 fully saturated rings. The SMILES string of the molecule is CSc1ccc(C(C)NCCc2ncc[nH]2)cc1. The summed E-state index contributed by atoms with van der Waals surface area (Å²) < 4.78 is 0. The number of aromatic nitrogens is 2. The fourth-order valence-corrected chi connectivity index (χ4v) is 2.26. The largest absolute Gasteiger partial charge is 0.349 e. The van der Waals surface area contributed by atoms with E-state index in [0.29, 0.717) is 6.04 Å². The summed E-state index contributed by atoms with van der Waals surface area (Å²) in [5.41, 5.74) is 1.33. The molecule has 0 saturated carbocycles. The van der Waals surface area contributed by atoms with Crippen molar-refractivity contribution in [1.82, 2.24) is 15.3 Å². The molecule has 1 aromatic heterocycles. The molecule has 0 saturated heterocycles. The van der Waals surface area contributed by atoms with E-state index in [2.05, 4.69) is 52.7 Å². The maximum absolute atomic E-state index is 4.21. The van der Waals surface area contributed by atoms with Gasteiger partial charge in [0, 0.05) is 36.3 Å². The van der Waals surface area contributed by atoms with Crippen LogP contribution in [0.25, 0.3) is 0 Å². The van der Waals surface area contributed by atoms with E-state index in [-0.39, 0.29) is 0 Å². The Balaban J connectivity index is 1.81. The molecule has 0 amide bonds. The van der Waals surface area contributed by atoms with Crippen LogP contribution in [0.15, 0.2) is 41.6 Å². The molecule has 0 aliphatic carbocycles. The fourth-order valence-electron chi connectivity index (χ4n) is 1.85. The lowest BCUT2D eigenvalue weighted by Crippen LogP contribution is -2.21. The second kappa shape index (κ2) is 6.61. The van der Waals surface area contributed by atoms with Gasteiger partial charge in [0.25, 0.3) is 0 Å². The lowest BCUT2D eigenvalue weighted by molar-refractivity contribution is 0.571. The van der Waals surface area contributed by atoms with E-state index in [1.807, 2.05) is 6.20 Å². The lowest BCUT2D eigenvalue weighted by atomic mass is 10.1. The van der Waals surface area contributed by atoms with E-state index >= 15 is 0 Å². The summed E-state index contributed by atoms with van der Waals surface area (Å²) in [5.74, 6) is 1.03. The number of imidazole rings is 1. The van der Waals surface area contributed by atoms with Crippen molar-refractivity contribution in [3.05, 3.63) is 48.0 Å². The van der Waals surface area contributed by atoms with Crippen LogP contribution in [0.4, 0.5) is 0 Å².